The Morgan fingerprint density at radius 1 is 1.29 bits per heavy atom. The lowest BCUT2D eigenvalue weighted by molar-refractivity contribution is -0.119. The van der Waals surface area contributed by atoms with Crippen molar-refractivity contribution in [2.45, 2.75) is 33.2 Å². The fraction of sp³-hybridized carbons (Fsp3) is 0.333. The van der Waals surface area contributed by atoms with Crippen molar-refractivity contribution in [2.75, 3.05) is 11.4 Å². The number of anilines is 1. The zero-order valence-corrected chi connectivity index (χ0v) is 13.7. The molecule has 126 valence electrons. The third-order valence-electron chi connectivity index (χ3n) is 4.13. The average molecular weight is 330 g/mol. The largest absolute Gasteiger partial charge is 0.454 e. The molecule has 0 saturated heterocycles. The molecular formula is C18H19FN2O3. The lowest BCUT2D eigenvalue weighted by Gasteiger charge is -2.30. The molecule has 2 amide bonds. The Balaban J connectivity index is 1.87. The zero-order chi connectivity index (χ0) is 17.3. The van der Waals surface area contributed by atoms with E-state index in [1.165, 1.54) is 13.0 Å². The van der Waals surface area contributed by atoms with Crippen molar-refractivity contribution in [3.8, 4) is 0 Å². The highest BCUT2D eigenvalue weighted by Crippen LogP contribution is 2.33. The predicted molar refractivity (Wildman–Crippen MR) is 87.4 cm³/mol. The molecule has 1 aromatic heterocycles. The number of halogens is 1. The highest BCUT2D eigenvalue weighted by atomic mass is 19.1. The summed E-state index contributed by atoms with van der Waals surface area (Å²) in [7, 11) is 0. The molecule has 0 radical (unpaired) electrons. The number of furan rings is 1. The van der Waals surface area contributed by atoms with Crippen LogP contribution in [0.4, 0.5) is 10.1 Å². The summed E-state index contributed by atoms with van der Waals surface area (Å²) in [6, 6.07) is 6.37. The van der Waals surface area contributed by atoms with E-state index in [0.717, 1.165) is 5.56 Å². The maximum Gasteiger partial charge on any atom is 0.293 e. The first kappa shape index (κ1) is 16.2. The Bertz CT molecular complexity index is 798. The molecule has 0 bridgehead atoms. The highest BCUT2D eigenvalue weighted by molar-refractivity contribution is 6.05. The Labute approximate surface area is 139 Å². The van der Waals surface area contributed by atoms with Crippen LogP contribution < -0.4 is 10.2 Å². The molecule has 5 nitrogen and oxygen atoms in total. The summed E-state index contributed by atoms with van der Waals surface area (Å²) in [6.07, 6.45) is 1.33. The molecule has 24 heavy (non-hydrogen) atoms. The van der Waals surface area contributed by atoms with Gasteiger partial charge in [0.15, 0.2) is 5.76 Å². The Morgan fingerprint density at radius 2 is 2.08 bits per heavy atom. The molecule has 0 aliphatic carbocycles. The van der Waals surface area contributed by atoms with Gasteiger partial charge in [0.05, 0.1) is 12.2 Å². The second-order valence-corrected chi connectivity index (χ2v) is 5.93. The first-order valence-electron chi connectivity index (χ1n) is 7.90. The first-order valence-corrected chi connectivity index (χ1v) is 7.90. The number of rotatable bonds is 3. The molecule has 6 heteroatoms. The van der Waals surface area contributed by atoms with Gasteiger partial charge in [-0.15, -0.1) is 0 Å². The average Bonchev–Trinajstić information content (AvgIpc) is 3.04. The smallest absolute Gasteiger partial charge is 0.293 e. The van der Waals surface area contributed by atoms with Crippen LogP contribution in [-0.4, -0.2) is 18.4 Å². The van der Waals surface area contributed by atoms with Gasteiger partial charge < -0.3 is 14.6 Å². The number of aryl methyl sites for hydroxylation is 1. The molecule has 1 aliphatic rings. The number of fused-ring (bicyclic) bond motifs is 1. The van der Waals surface area contributed by atoms with E-state index >= 15 is 0 Å². The van der Waals surface area contributed by atoms with Gasteiger partial charge in [-0.25, -0.2) is 4.39 Å². The van der Waals surface area contributed by atoms with Gasteiger partial charge in [-0.1, -0.05) is 6.07 Å². The molecule has 1 aromatic carbocycles. The summed E-state index contributed by atoms with van der Waals surface area (Å²) >= 11 is 0. The molecule has 3 rings (SSSR count). The Kier molecular flexibility index (Phi) is 4.38. The summed E-state index contributed by atoms with van der Waals surface area (Å²) in [4.78, 5) is 25.3. The predicted octanol–water partition coefficient (Wildman–Crippen LogP) is 2.96. The number of benzene rings is 1. The minimum Gasteiger partial charge on any atom is -0.454 e. The van der Waals surface area contributed by atoms with Crippen LogP contribution in [0.5, 0.6) is 0 Å². The Morgan fingerprint density at radius 3 is 2.83 bits per heavy atom. The minimum absolute atomic E-state index is 0.171. The van der Waals surface area contributed by atoms with Crippen LogP contribution in [0.1, 0.15) is 40.8 Å². The molecule has 2 heterocycles. The lowest BCUT2D eigenvalue weighted by Crippen LogP contribution is -2.36. The fourth-order valence-corrected chi connectivity index (χ4v) is 3.00. The SMILES string of the molecule is CC(=O)NCc1ccc(C(=O)N2CCCc3c(F)ccc(C)c32)o1. The van der Waals surface area contributed by atoms with Crippen molar-refractivity contribution in [3.63, 3.8) is 0 Å². The van der Waals surface area contributed by atoms with Gasteiger partial charge in [-0.05, 0) is 43.5 Å². The molecule has 1 aliphatic heterocycles. The van der Waals surface area contributed by atoms with E-state index in [1.54, 1.807) is 23.1 Å². The fourth-order valence-electron chi connectivity index (χ4n) is 3.00. The van der Waals surface area contributed by atoms with Crippen LogP contribution in [0.15, 0.2) is 28.7 Å². The van der Waals surface area contributed by atoms with Crippen molar-refractivity contribution in [2.24, 2.45) is 0 Å². The van der Waals surface area contributed by atoms with Crippen LogP contribution >= 0.6 is 0 Å². The van der Waals surface area contributed by atoms with Gasteiger partial charge in [0, 0.05) is 19.0 Å². The molecule has 2 aromatic rings. The van der Waals surface area contributed by atoms with E-state index in [0.29, 0.717) is 36.4 Å². The van der Waals surface area contributed by atoms with Crippen molar-refractivity contribution >= 4 is 17.5 Å². The number of amides is 2. The Hall–Kier alpha value is -2.63. The lowest BCUT2D eigenvalue weighted by atomic mass is 9.97. The van der Waals surface area contributed by atoms with Crippen molar-refractivity contribution in [1.82, 2.24) is 5.32 Å². The number of nitrogens with one attached hydrogen (secondary N) is 1. The maximum absolute atomic E-state index is 14.1. The van der Waals surface area contributed by atoms with Gasteiger partial charge in [0.1, 0.15) is 11.6 Å². The monoisotopic (exact) mass is 330 g/mol. The van der Waals surface area contributed by atoms with Crippen LogP contribution in [0, 0.1) is 12.7 Å². The topological polar surface area (TPSA) is 62.6 Å². The van der Waals surface area contributed by atoms with Crippen LogP contribution in [0.25, 0.3) is 0 Å². The van der Waals surface area contributed by atoms with Crippen LogP contribution in [0.3, 0.4) is 0 Å². The summed E-state index contributed by atoms with van der Waals surface area (Å²) in [5.41, 5.74) is 2.09. The van der Waals surface area contributed by atoms with E-state index in [-0.39, 0.29) is 29.9 Å². The van der Waals surface area contributed by atoms with Gasteiger partial charge in [-0.2, -0.15) is 0 Å². The van der Waals surface area contributed by atoms with Gasteiger partial charge in [0.25, 0.3) is 5.91 Å². The quantitative estimate of drug-likeness (QED) is 0.941. The van der Waals surface area contributed by atoms with E-state index in [1.807, 2.05) is 6.92 Å². The first-order chi connectivity index (χ1) is 11.5. The van der Waals surface area contributed by atoms with Gasteiger partial charge in [-0.3, -0.25) is 9.59 Å². The maximum atomic E-state index is 14.1. The number of carbonyl (C=O) groups is 2. The zero-order valence-electron chi connectivity index (χ0n) is 13.7. The van der Waals surface area contributed by atoms with Crippen LogP contribution in [-0.2, 0) is 17.8 Å². The van der Waals surface area contributed by atoms with E-state index in [2.05, 4.69) is 5.32 Å². The molecule has 0 unspecified atom stereocenters. The summed E-state index contributed by atoms with van der Waals surface area (Å²) in [5, 5.41) is 2.62. The number of nitrogens with zero attached hydrogens (tertiary/aromatic N) is 1. The molecule has 0 fully saturated rings. The van der Waals surface area contributed by atoms with Gasteiger partial charge >= 0.3 is 0 Å². The molecule has 0 atom stereocenters. The highest BCUT2D eigenvalue weighted by Gasteiger charge is 2.28. The van der Waals surface area contributed by atoms with Crippen LogP contribution in [0.2, 0.25) is 0 Å². The third-order valence-corrected chi connectivity index (χ3v) is 4.13. The van der Waals surface area contributed by atoms with Crippen molar-refractivity contribution in [1.29, 1.82) is 0 Å². The number of carbonyl (C=O) groups excluding carboxylic acids is 2. The second kappa shape index (κ2) is 6.47. The van der Waals surface area contributed by atoms with Crippen molar-refractivity contribution in [3.05, 3.63) is 52.7 Å². The number of hydrogen-bond acceptors (Lipinski definition) is 3. The summed E-state index contributed by atoms with van der Waals surface area (Å²) < 4.78 is 19.6. The third kappa shape index (κ3) is 3.04. The second-order valence-electron chi connectivity index (χ2n) is 5.93. The standard InChI is InChI=1S/C18H19FN2O3/c1-11-5-7-15(19)14-4-3-9-21(17(11)14)18(23)16-8-6-13(24-16)10-20-12(2)22/h5-8H,3-4,9-10H2,1-2H3,(H,20,22). The summed E-state index contributed by atoms with van der Waals surface area (Å²) in [5.74, 6) is -0.0541. The van der Waals surface area contributed by atoms with Crippen molar-refractivity contribution < 1.29 is 18.4 Å². The van der Waals surface area contributed by atoms with E-state index < -0.39 is 0 Å². The van der Waals surface area contributed by atoms with E-state index in [4.69, 9.17) is 4.42 Å². The minimum atomic E-state index is -0.293. The molecule has 0 saturated carbocycles. The molecule has 0 spiro atoms. The summed E-state index contributed by atoms with van der Waals surface area (Å²) in [6.45, 7) is 4.04. The van der Waals surface area contributed by atoms with E-state index in [9.17, 15) is 14.0 Å². The molecule has 1 N–H and O–H groups in total. The number of hydrogen-bond donors (Lipinski definition) is 1. The normalized spacial score (nSPS) is 13.5. The molecular weight excluding hydrogens is 311 g/mol. The van der Waals surface area contributed by atoms with Gasteiger partial charge in [0.2, 0.25) is 5.91 Å².